The zero-order valence-corrected chi connectivity index (χ0v) is 29.6. The standard InChI is InChI=1S/C34H44Cl3N5O5/c1-5-25-13-12-24-11-10-23(19-27(24)39-25)14-17-33(15-6-7-16-33)32(46)40-28(21(2)3)29(43)38-22(4)30(44)42-18-8-9-26(41-42)31(45)47-20-34(35,36)37/h10-14,17,19,21-22,26,28,41H,5-9,15-16,18,20H2,1-4H3,(H,38,43)(H,40,46)/b17-14+. The lowest BCUT2D eigenvalue weighted by Crippen LogP contribution is -2.61. The lowest BCUT2D eigenvalue weighted by molar-refractivity contribution is -0.152. The van der Waals surface area contributed by atoms with Gasteiger partial charge in [0, 0.05) is 17.6 Å². The number of carbonyl (C=O) groups excluding carboxylic acids is 4. The van der Waals surface area contributed by atoms with Gasteiger partial charge < -0.3 is 15.4 Å². The number of ether oxygens (including phenoxy) is 1. The predicted octanol–water partition coefficient (Wildman–Crippen LogP) is 5.43. The van der Waals surface area contributed by atoms with Crippen molar-refractivity contribution in [3.05, 3.63) is 47.7 Å². The van der Waals surface area contributed by atoms with Crippen molar-refractivity contribution in [1.29, 1.82) is 0 Å². The number of aromatic nitrogens is 1. The minimum atomic E-state index is -1.75. The first-order chi connectivity index (χ1) is 22.2. The molecule has 3 atom stereocenters. The van der Waals surface area contributed by atoms with Crippen molar-refractivity contribution in [3.63, 3.8) is 0 Å². The molecule has 1 aromatic heterocycles. The summed E-state index contributed by atoms with van der Waals surface area (Å²) in [5.74, 6) is -1.99. The summed E-state index contributed by atoms with van der Waals surface area (Å²) in [4.78, 5) is 57.8. The smallest absolute Gasteiger partial charge is 0.325 e. The molecule has 13 heteroatoms. The highest BCUT2D eigenvalue weighted by atomic mass is 35.6. The molecule has 0 bridgehead atoms. The summed E-state index contributed by atoms with van der Waals surface area (Å²) in [6, 6.07) is 7.58. The maximum atomic E-state index is 13.9. The molecular weight excluding hydrogens is 665 g/mol. The second kappa shape index (κ2) is 16.0. The van der Waals surface area contributed by atoms with E-state index in [4.69, 9.17) is 44.5 Å². The van der Waals surface area contributed by atoms with Gasteiger partial charge in [-0.05, 0) is 62.6 Å². The molecule has 4 rings (SSSR count). The number of nitrogens with zero attached hydrogens (tertiary/aromatic N) is 2. The second-order valence-corrected chi connectivity index (χ2v) is 15.3. The Kier molecular flexibility index (Phi) is 12.6. The highest BCUT2D eigenvalue weighted by Gasteiger charge is 2.41. The molecule has 2 aromatic rings. The lowest BCUT2D eigenvalue weighted by atomic mass is 9.83. The fraction of sp³-hybridized carbons (Fsp3) is 0.559. The van der Waals surface area contributed by atoms with Crippen LogP contribution in [-0.2, 0) is 30.3 Å². The number of rotatable bonds is 11. The number of halogens is 3. The Balaban J connectivity index is 1.40. The number of hydrogen-bond acceptors (Lipinski definition) is 7. The van der Waals surface area contributed by atoms with Gasteiger partial charge in [-0.2, -0.15) is 0 Å². The fourth-order valence-electron chi connectivity index (χ4n) is 6.00. The van der Waals surface area contributed by atoms with E-state index in [2.05, 4.69) is 29.0 Å². The number of benzene rings is 1. The average Bonchev–Trinajstić information content (AvgIpc) is 3.54. The van der Waals surface area contributed by atoms with Crippen LogP contribution in [0.3, 0.4) is 0 Å². The second-order valence-electron chi connectivity index (χ2n) is 12.8. The van der Waals surface area contributed by atoms with E-state index < -0.39 is 51.7 Å². The van der Waals surface area contributed by atoms with Crippen LogP contribution >= 0.6 is 34.8 Å². The van der Waals surface area contributed by atoms with Crippen molar-refractivity contribution in [3.8, 4) is 0 Å². The minimum Gasteiger partial charge on any atom is -0.460 e. The third-order valence-corrected chi connectivity index (χ3v) is 9.09. The molecule has 1 aromatic carbocycles. The number of aryl methyl sites for hydroxylation is 1. The number of esters is 1. The number of pyridine rings is 1. The van der Waals surface area contributed by atoms with E-state index in [1.165, 1.54) is 5.01 Å². The maximum Gasteiger partial charge on any atom is 0.325 e. The van der Waals surface area contributed by atoms with Gasteiger partial charge in [0.2, 0.25) is 15.6 Å². The molecule has 0 spiro atoms. The lowest BCUT2D eigenvalue weighted by Gasteiger charge is -2.35. The third-order valence-electron chi connectivity index (χ3n) is 8.76. The molecule has 3 amide bonds. The number of nitrogens with one attached hydrogen (secondary N) is 3. The summed E-state index contributed by atoms with van der Waals surface area (Å²) in [6.45, 7) is 7.24. The first-order valence-corrected chi connectivity index (χ1v) is 17.4. The van der Waals surface area contributed by atoms with Crippen LogP contribution in [0.2, 0.25) is 0 Å². The van der Waals surface area contributed by atoms with E-state index in [-0.39, 0.29) is 11.8 Å². The predicted molar refractivity (Wildman–Crippen MR) is 185 cm³/mol. The Morgan fingerprint density at radius 2 is 1.79 bits per heavy atom. The zero-order valence-electron chi connectivity index (χ0n) is 27.3. The molecule has 2 fully saturated rings. The van der Waals surface area contributed by atoms with Crippen molar-refractivity contribution in [2.75, 3.05) is 13.2 Å². The highest BCUT2D eigenvalue weighted by molar-refractivity contribution is 6.67. The number of hydrazine groups is 1. The largest absolute Gasteiger partial charge is 0.460 e. The highest BCUT2D eigenvalue weighted by Crippen LogP contribution is 2.40. The Bertz CT molecular complexity index is 1490. The molecule has 2 heterocycles. The van der Waals surface area contributed by atoms with Crippen LogP contribution in [0.15, 0.2) is 36.4 Å². The summed E-state index contributed by atoms with van der Waals surface area (Å²) in [5, 5.41) is 8.12. The van der Waals surface area contributed by atoms with Crippen LogP contribution in [0.5, 0.6) is 0 Å². The van der Waals surface area contributed by atoms with Crippen LogP contribution in [0.25, 0.3) is 17.0 Å². The Hall–Kier alpha value is -2.92. The maximum absolute atomic E-state index is 13.9. The van der Waals surface area contributed by atoms with Crippen LogP contribution in [-0.4, -0.2) is 68.8 Å². The molecular formula is C34H44Cl3N5O5. The fourth-order valence-corrected chi connectivity index (χ4v) is 6.16. The van der Waals surface area contributed by atoms with E-state index >= 15 is 0 Å². The molecule has 10 nitrogen and oxygen atoms in total. The number of fused-ring (bicyclic) bond motifs is 1. The Morgan fingerprint density at radius 1 is 1.09 bits per heavy atom. The zero-order chi connectivity index (χ0) is 34.4. The van der Waals surface area contributed by atoms with Gasteiger partial charge in [-0.25, -0.2) is 5.43 Å². The van der Waals surface area contributed by atoms with Crippen LogP contribution < -0.4 is 16.1 Å². The van der Waals surface area contributed by atoms with Gasteiger partial charge in [0.05, 0.1) is 10.9 Å². The summed E-state index contributed by atoms with van der Waals surface area (Å²) in [5.41, 5.74) is 4.99. The third kappa shape index (κ3) is 9.81. The Morgan fingerprint density at radius 3 is 2.45 bits per heavy atom. The molecule has 3 N–H and O–H groups in total. The molecule has 256 valence electrons. The topological polar surface area (TPSA) is 130 Å². The van der Waals surface area contributed by atoms with Gasteiger partial charge in [-0.1, -0.05) is 98.8 Å². The first-order valence-electron chi connectivity index (χ1n) is 16.2. The van der Waals surface area contributed by atoms with Crippen molar-refractivity contribution in [2.45, 2.75) is 94.6 Å². The quantitative estimate of drug-likeness (QED) is 0.210. The van der Waals surface area contributed by atoms with E-state index in [9.17, 15) is 19.2 Å². The van der Waals surface area contributed by atoms with E-state index in [1.807, 2.05) is 50.3 Å². The van der Waals surface area contributed by atoms with E-state index in [0.29, 0.717) is 32.2 Å². The van der Waals surface area contributed by atoms with Crippen LogP contribution in [0.4, 0.5) is 0 Å². The van der Waals surface area contributed by atoms with Gasteiger partial charge >= 0.3 is 5.97 Å². The molecule has 1 aliphatic heterocycles. The number of alkyl halides is 3. The molecule has 1 saturated heterocycles. The van der Waals surface area contributed by atoms with Crippen LogP contribution in [0, 0.1) is 11.3 Å². The summed E-state index contributed by atoms with van der Waals surface area (Å²) >= 11 is 17.0. The molecule has 3 unspecified atom stereocenters. The van der Waals surface area contributed by atoms with Gasteiger partial charge in [-0.15, -0.1) is 0 Å². The van der Waals surface area contributed by atoms with Crippen molar-refractivity contribution in [2.24, 2.45) is 11.3 Å². The number of carbonyl (C=O) groups is 4. The molecule has 47 heavy (non-hydrogen) atoms. The number of hydrogen-bond donors (Lipinski definition) is 3. The summed E-state index contributed by atoms with van der Waals surface area (Å²) in [6.07, 6.45) is 8.92. The van der Waals surface area contributed by atoms with Gasteiger partial charge in [0.15, 0.2) is 0 Å². The van der Waals surface area contributed by atoms with Crippen molar-refractivity contribution < 1.29 is 23.9 Å². The van der Waals surface area contributed by atoms with Crippen molar-refractivity contribution >= 4 is 75.5 Å². The first kappa shape index (κ1) is 36.9. The number of amides is 3. The van der Waals surface area contributed by atoms with E-state index in [0.717, 1.165) is 41.4 Å². The molecule has 0 radical (unpaired) electrons. The molecule has 1 saturated carbocycles. The average molecular weight is 709 g/mol. The van der Waals surface area contributed by atoms with Gasteiger partial charge in [-0.3, -0.25) is 29.2 Å². The molecule has 2 aliphatic rings. The van der Waals surface area contributed by atoms with Gasteiger partial charge in [0.25, 0.3) is 5.91 Å². The van der Waals surface area contributed by atoms with Gasteiger partial charge in [0.1, 0.15) is 24.7 Å². The monoisotopic (exact) mass is 707 g/mol. The minimum absolute atomic E-state index is 0.208. The molecule has 1 aliphatic carbocycles. The van der Waals surface area contributed by atoms with E-state index in [1.54, 1.807) is 6.92 Å². The normalized spacial score (nSPS) is 19.5. The Labute approximate surface area is 291 Å². The SMILES string of the molecule is CCc1ccc2ccc(/C=C/C3(C(=O)NC(C(=O)NC(C)C(=O)N4CCCC(C(=O)OCC(Cl)(Cl)Cl)N4)C(C)C)CCCC3)cc2n1. The summed E-state index contributed by atoms with van der Waals surface area (Å²) < 4.78 is 3.31. The van der Waals surface area contributed by atoms with Crippen molar-refractivity contribution in [1.82, 2.24) is 26.1 Å². The van der Waals surface area contributed by atoms with Crippen LogP contribution in [0.1, 0.15) is 77.5 Å². The summed E-state index contributed by atoms with van der Waals surface area (Å²) in [7, 11) is 0.